The fraction of sp³-hybridized carbons (Fsp3) is 0.667. The Hall–Kier alpha value is -1.89. The average molecular weight is 309 g/mol. The molecule has 0 saturated carbocycles. The van der Waals surface area contributed by atoms with Gasteiger partial charge in [0.25, 0.3) is 5.56 Å². The van der Waals surface area contributed by atoms with E-state index in [2.05, 4.69) is 9.97 Å². The Morgan fingerprint density at radius 1 is 1.45 bits per heavy atom. The Balaban J connectivity index is 2.34. The van der Waals surface area contributed by atoms with Crippen molar-refractivity contribution in [2.45, 2.75) is 26.7 Å². The lowest BCUT2D eigenvalue weighted by Crippen LogP contribution is -2.38. The van der Waals surface area contributed by atoms with Gasteiger partial charge in [-0.25, -0.2) is 4.98 Å². The number of anilines is 1. The van der Waals surface area contributed by atoms with Gasteiger partial charge in [0.1, 0.15) is 17.6 Å². The van der Waals surface area contributed by atoms with Gasteiger partial charge in [-0.3, -0.25) is 9.59 Å². The van der Waals surface area contributed by atoms with Crippen molar-refractivity contribution in [3.8, 4) is 0 Å². The first-order chi connectivity index (χ1) is 10.5. The molecule has 2 rings (SSSR count). The number of esters is 1. The van der Waals surface area contributed by atoms with Crippen LogP contribution in [0.2, 0.25) is 0 Å². The second kappa shape index (κ2) is 7.40. The highest BCUT2D eigenvalue weighted by Gasteiger charge is 2.29. The highest BCUT2D eigenvalue weighted by atomic mass is 16.5. The number of aromatic amines is 1. The standard InChI is InChI=1S/C15H23N3O4/c1-4-22-15(20)13(10(2)3)14-16-11(9-12(19)17-14)18-5-7-21-8-6-18/h9-10,13H,4-8H2,1-3H3,(H,16,17,19). The second-order valence-corrected chi connectivity index (χ2v) is 5.56. The number of nitrogens with one attached hydrogen (secondary N) is 1. The number of H-pyrrole nitrogens is 1. The minimum Gasteiger partial charge on any atom is -0.465 e. The molecule has 1 N–H and O–H groups in total. The maximum Gasteiger partial charge on any atom is 0.316 e. The summed E-state index contributed by atoms with van der Waals surface area (Å²) < 4.78 is 10.4. The molecule has 1 aliphatic heterocycles. The number of carbonyl (C=O) groups excluding carboxylic acids is 1. The maximum atomic E-state index is 12.2. The minimum atomic E-state index is -0.575. The quantitative estimate of drug-likeness (QED) is 0.814. The normalized spacial score (nSPS) is 16.6. The molecule has 122 valence electrons. The lowest BCUT2D eigenvalue weighted by Gasteiger charge is -2.28. The Bertz CT molecular complexity index is 564. The van der Waals surface area contributed by atoms with Crippen LogP contribution in [0.1, 0.15) is 32.5 Å². The van der Waals surface area contributed by atoms with Crippen LogP contribution in [0.4, 0.5) is 5.82 Å². The van der Waals surface area contributed by atoms with Gasteiger partial charge in [0.05, 0.1) is 19.8 Å². The molecule has 7 heteroatoms. The molecule has 0 aliphatic carbocycles. The SMILES string of the molecule is CCOC(=O)C(c1nc(N2CCOCC2)cc(=O)[nH]1)C(C)C. The average Bonchev–Trinajstić information content (AvgIpc) is 2.47. The predicted octanol–water partition coefficient (Wildman–Crippen LogP) is 0.909. The van der Waals surface area contributed by atoms with E-state index in [4.69, 9.17) is 9.47 Å². The number of carbonyl (C=O) groups is 1. The van der Waals surface area contributed by atoms with E-state index >= 15 is 0 Å². The molecular weight excluding hydrogens is 286 g/mol. The van der Waals surface area contributed by atoms with Gasteiger partial charge in [-0.15, -0.1) is 0 Å². The van der Waals surface area contributed by atoms with Crippen LogP contribution in [0.25, 0.3) is 0 Å². The zero-order valence-electron chi connectivity index (χ0n) is 13.3. The molecule has 0 radical (unpaired) electrons. The van der Waals surface area contributed by atoms with Crippen LogP contribution in [0.15, 0.2) is 10.9 Å². The van der Waals surface area contributed by atoms with E-state index in [0.29, 0.717) is 44.6 Å². The van der Waals surface area contributed by atoms with Crippen LogP contribution in [-0.2, 0) is 14.3 Å². The molecule has 0 bridgehead atoms. The van der Waals surface area contributed by atoms with Crippen molar-refractivity contribution in [1.82, 2.24) is 9.97 Å². The van der Waals surface area contributed by atoms with E-state index in [9.17, 15) is 9.59 Å². The molecule has 1 aliphatic rings. The predicted molar refractivity (Wildman–Crippen MR) is 82.1 cm³/mol. The molecular formula is C15H23N3O4. The zero-order chi connectivity index (χ0) is 16.1. The van der Waals surface area contributed by atoms with E-state index in [1.54, 1.807) is 6.92 Å². The van der Waals surface area contributed by atoms with Crippen molar-refractivity contribution in [1.29, 1.82) is 0 Å². The third-order valence-corrected chi connectivity index (χ3v) is 3.58. The van der Waals surface area contributed by atoms with E-state index in [-0.39, 0.29) is 17.4 Å². The molecule has 1 unspecified atom stereocenters. The van der Waals surface area contributed by atoms with Crippen molar-refractivity contribution in [2.24, 2.45) is 5.92 Å². The van der Waals surface area contributed by atoms with Crippen molar-refractivity contribution in [3.63, 3.8) is 0 Å². The Labute approximate surface area is 129 Å². The number of aromatic nitrogens is 2. The highest BCUT2D eigenvalue weighted by Crippen LogP contribution is 2.24. The lowest BCUT2D eigenvalue weighted by molar-refractivity contribution is -0.146. The van der Waals surface area contributed by atoms with Crippen molar-refractivity contribution in [2.75, 3.05) is 37.8 Å². The summed E-state index contributed by atoms with van der Waals surface area (Å²) in [5, 5.41) is 0. The first-order valence-electron chi connectivity index (χ1n) is 7.63. The first-order valence-corrected chi connectivity index (χ1v) is 7.63. The van der Waals surface area contributed by atoms with E-state index in [1.165, 1.54) is 6.07 Å². The topological polar surface area (TPSA) is 84.5 Å². The van der Waals surface area contributed by atoms with Gasteiger partial charge in [-0.1, -0.05) is 13.8 Å². The summed E-state index contributed by atoms with van der Waals surface area (Å²) in [5.41, 5.74) is -0.263. The fourth-order valence-electron chi connectivity index (χ4n) is 2.50. The third-order valence-electron chi connectivity index (χ3n) is 3.58. The number of nitrogens with zero attached hydrogens (tertiary/aromatic N) is 2. The summed E-state index contributed by atoms with van der Waals surface area (Å²) in [4.78, 5) is 33.3. The first kappa shape index (κ1) is 16.5. The number of morpholine rings is 1. The fourth-order valence-corrected chi connectivity index (χ4v) is 2.50. The molecule has 1 fully saturated rings. The van der Waals surface area contributed by atoms with Crippen LogP contribution in [-0.4, -0.2) is 48.8 Å². The van der Waals surface area contributed by atoms with Gasteiger partial charge in [0.15, 0.2) is 0 Å². The lowest BCUT2D eigenvalue weighted by atomic mass is 9.95. The zero-order valence-corrected chi connectivity index (χ0v) is 13.3. The largest absolute Gasteiger partial charge is 0.465 e. The number of hydrogen-bond donors (Lipinski definition) is 1. The summed E-state index contributed by atoms with van der Waals surface area (Å²) in [7, 11) is 0. The highest BCUT2D eigenvalue weighted by molar-refractivity contribution is 5.77. The molecule has 2 heterocycles. The summed E-state index contributed by atoms with van der Waals surface area (Å²) >= 11 is 0. The van der Waals surface area contributed by atoms with Gasteiger partial charge in [-0.05, 0) is 12.8 Å². The molecule has 1 aromatic heterocycles. The van der Waals surface area contributed by atoms with Crippen LogP contribution < -0.4 is 10.5 Å². The summed E-state index contributed by atoms with van der Waals surface area (Å²) in [6.45, 7) is 8.45. The van der Waals surface area contributed by atoms with Crippen molar-refractivity contribution >= 4 is 11.8 Å². The minimum absolute atomic E-state index is 0.0258. The molecule has 7 nitrogen and oxygen atoms in total. The van der Waals surface area contributed by atoms with Crippen LogP contribution in [0.3, 0.4) is 0 Å². The van der Waals surface area contributed by atoms with Crippen LogP contribution in [0.5, 0.6) is 0 Å². The molecule has 0 amide bonds. The molecule has 0 spiro atoms. The number of ether oxygens (including phenoxy) is 2. The van der Waals surface area contributed by atoms with Gasteiger partial charge < -0.3 is 19.4 Å². The number of rotatable bonds is 5. The van der Waals surface area contributed by atoms with Gasteiger partial charge in [-0.2, -0.15) is 0 Å². The van der Waals surface area contributed by atoms with Gasteiger partial charge >= 0.3 is 5.97 Å². The third kappa shape index (κ3) is 3.85. The summed E-state index contributed by atoms with van der Waals surface area (Å²) in [6, 6.07) is 1.46. The molecule has 0 aromatic carbocycles. The van der Waals surface area contributed by atoms with Crippen LogP contribution in [0, 0.1) is 5.92 Å². The van der Waals surface area contributed by atoms with Gasteiger partial charge in [0.2, 0.25) is 0 Å². The van der Waals surface area contributed by atoms with E-state index in [1.807, 2.05) is 18.7 Å². The Kier molecular flexibility index (Phi) is 5.54. The summed E-state index contributed by atoms with van der Waals surface area (Å²) in [6.07, 6.45) is 0. The number of hydrogen-bond acceptors (Lipinski definition) is 6. The van der Waals surface area contributed by atoms with Crippen molar-refractivity contribution in [3.05, 3.63) is 22.2 Å². The molecule has 1 atom stereocenters. The Morgan fingerprint density at radius 2 is 2.14 bits per heavy atom. The molecule has 1 aromatic rings. The maximum absolute atomic E-state index is 12.2. The second-order valence-electron chi connectivity index (χ2n) is 5.56. The summed E-state index contributed by atoms with van der Waals surface area (Å²) in [5.74, 6) is -0.0185. The van der Waals surface area contributed by atoms with Crippen molar-refractivity contribution < 1.29 is 14.3 Å². The van der Waals surface area contributed by atoms with Gasteiger partial charge in [0, 0.05) is 19.2 Å². The Morgan fingerprint density at radius 3 is 2.73 bits per heavy atom. The van der Waals surface area contributed by atoms with E-state index in [0.717, 1.165) is 0 Å². The smallest absolute Gasteiger partial charge is 0.316 e. The monoisotopic (exact) mass is 309 g/mol. The van der Waals surface area contributed by atoms with Crippen LogP contribution >= 0.6 is 0 Å². The molecule has 22 heavy (non-hydrogen) atoms. The van der Waals surface area contributed by atoms with E-state index < -0.39 is 5.92 Å². The molecule has 1 saturated heterocycles.